The largest absolute Gasteiger partial charge is 0.378 e. The van der Waals surface area contributed by atoms with Gasteiger partial charge in [0.2, 0.25) is 0 Å². The van der Waals surface area contributed by atoms with Crippen LogP contribution in [0.3, 0.4) is 0 Å². The Labute approximate surface area is 204 Å². The summed E-state index contributed by atoms with van der Waals surface area (Å²) < 4.78 is 25.6. The van der Waals surface area contributed by atoms with Crippen molar-refractivity contribution in [3.05, 3.63) is 52.2 Å². The maximum Gasteiger partial charge on any atom is 0.265 e. The minimum atomic E-state index is -0.158. The van der Waals surface area contributed by atoms with Crippen molar-refractivity contribution in [3.8, 4) is 0 Å². The molecule has 2 heterocycles. The highest BCUT2D eigenvalue weighted by Gasteiger charge is 2.34. The van der Waals surface area contributed by atoms with Crippen LogP contribution < -0.4 is 4.72 Å². The molecule has 0 spiro atoms. The van der Waals surface area contributed by atoms with Gasteiger partial charge < -0.3 is 9.64 Å². The van der Waals surface area contributed by atoms with Crippen LogP contribution in [-0.2, 0) is 4.74 Å². The number of piperidine rings is 1. The van der Waals surface area contributed by atoms with E-state index in [1.165, 1.54) is 17.4 Å². The number of ether oxygens (including phenoxy) is 1. The van der Waals surface area contributed by atoms with E-state index in [0.29, 0.717) is 23.9 Å². The lowest BCUT2D eigenvalue weighted by Crippen LogP contribution is -2.51. The Morgan fingerprint density at radius 2 is 2.12 bits per heavy atom. The molecule has 6 nitrogen and oxygen atoms in total. The number of nitrogens with zero attached hydrogens (tertiary/aromatic N) is 3. The van der Waals surface area contributed by atoms with Gasteiger partial charge in [0.25, 0.3) is 5.91 Å². The zero-order valence-electron chi connectivity index (χ0n) is 19.3. The number of hydrogen-bond acceptors (Lipinski definition) is 7. The van der Waals surface area contributed by atoms with Crippen molar-refractivity contribution in [2.24, 2.45) is 5.92 Å². The molecule has 9 heteroatoms. The van der Waals surface area contributed by atoms with E-state index in [9.17, 15) is 9.18 Å². The average molecular weight is 493 g/mol. The highest BCUT2D eigenvalue weighted by molar-refractivity contribution is 7.95. The molecule has 1 N–H and O–H groups in total. The highest BCUT2D eigenvalue weighted by atomic mass is 32.2. The van der Waals surface area contributed by atoms with Crippen LogP contribution in [0, 0.1) is 11.7 Å². The lowest BCUT2D eigenvalue weighted by atomic mass is 9.82. The van der Waals surface area contributed by atoms with Gasteiger partial charge in [-0.25, -0.2) is 13.4 Å². The Bertz CT molecular complexity index is 890. The number of nitrogens with one attached hydrogen (secondary N) is 1. The van der Waals surface area contributed by atoms with E-state index < -0.39 is 0 Å². The van der Waals surface area contributed by atoms with E-state index in [2.05, 4.69) is 9.71 Å². The Kier molecular flexibility index (Phi) is 8.76. The summed E-state index contributed by atoms with van der Waals surface area (Å²) in [6.45, 7) is 2.05. The zero-order chi connectivity index (χ0) is 23.2. The van der Waals surface area contributed by atoms with Gasteiger partial charge >= 0.3 is 0 Å². The minimum absolute atomic E-state index is 0.0665. The first-order chi connectivity index (χ1) is 16.0. The molecule has 2 aromatic rings. The van der Waals surface area contributed by atoms with Crippen molar-refractivity contribution < 1.29 is 13.9 Å². The lowest BCUT2D eigenvalue weighted by molar-refractivity contribution is -0.0147. The molecule has 0 radical (unpaired) electrons. The molecule has 1 aliphatic heterocycles. The number of halogens is 1. The first-order valence-corrected chi connectivity index (χ1v) is 13.3. The fourth-order valence-electron chi connectivity index (χ4n) is 4.77. The molecule has 2 fully saturated rings. The summed E-state index contributed by atoms with van der Waals surface area (Å²) in [5.74, 6) is 0.546. The number of benzene rings is 1. The Morgan fingerprint density at radius 1 is 1.30 bits per heavy atom. The molecular weight excluding hydrogens is 459 g/mol. The Morgan fingerprint density at radius 3 is 2.82 bits per heavy atom. The van der Waals surface area contributed by atoms with Crippen LogP contribution in [0.15, 0.2) is 36.0 Å². The third-order valence-electron chi connectivity index (χ3n) is 6.59. The number of hydrogen-bond donors (Lipinski definition) is 1. The molecule has 2 atom stereocenters. The number of amides is 1. The molecule has 1 saturated carbocycles. The number of rotatable bonds is 8. The lowest BCUT2D eigenvalue weighted by Gasteiger charge is -2.39. The zero-order valence-corrected chi connectivity index (χ0v) is 20.9. The maximum atomic E-state index is 13.6. The molecule has 1 unspecified atom stereocenters. The van der Waals surface area contributed by atoms with E-state index in [0.717, 1.165) is 44.2 Å². The standard InChI is InChI=1S/C24H33FN4O2S2/c1-28(2)33-27-22-10-11-29(24(30)23-13-26-16-32-23)14-19(22)15-31-21-8-6-17(7-9-21)18-4-3-5-20(25)12-18/h3-5,12-13,16-17,19,21-22,27H,6-11,14-15H2,1-2H3/t17?,19-,21?,22?/m0/s1. The van der Waals surface area contributed by atoms with E-state index in [1.54, 1.807) is 36.0 Å². The minimum Gasteiger partial charge on any atom is -0.378 e. The predicted molar refractivity (Wildman–Crippen MR) is 132 cm³/mol. The van der Waals surface area contributed by atoms with Crippen molar-refractivity contribution in [1.82, 2.24) is 18.9 Å². The normalized spacial score (nSPS) is 26.0. The second-order valence-electron chi connectivity index (χ2n) is 9.16. The molecule has 1 amide bonds. The van der Waals surface area contributed by atoms with E-state index >= 15 is 0 Å². The van der Waals surface area contributed by atoms with Crippen LogP contribution >= 0.6 is 23.5 Å². The second kappa shape index (κ2) is 11.8. The van der Waals surface area contributed by atoms with Crippen molar-refractivity contribution in [2.45, 2.75) is 50.2 Å². The smallest absolute Gasteiger partial charge is 0.265 e. The van der Waals surface area contributed by atoms with E-state index in [1.807, 2.05) is 29.4 Å². The van der Waals surface area contributed by atoms with Crippen LogP contribution in [0.2, 0.25) is 0 Å². The summed E-state index contributed by atoms with van der Waals surface area (Å²) in [7, 11) is 4.03. The third-order valence-corrected chi connectivity index (χ3v) is 8.13. The molecule has 2 aliphatic rings. The quantitative estimate of drug-likeness (QED) is 0.545. The molecule has 1 aliphatic carbocycles. The van der Waals surface area contributed by atoms with Crippen LogP contribution in [0.25, 0.3) is 0 Å². The number of carbonyl (C=O) groups is 1. The number of thiazole rings is 1. The topological polar surface area (TPSA) is 57.7 Å². The third kappa shape index (κ3) is 6.76. The van der Waals surface area contributed by atoms with Gasteiger partial charge in [-0.05, 0) is 69.8 Å². The molecule has 180 valence electrons. The van der Waals surface area contributed by atoms with Crippen LogP contribution in [0.5, 0.6) is 0 Å². The van der Waals surface area contributed by atoms with Crippen LogP contribution in [-0.4, -0.2) is 66.0 Å². The summed E-state index contributed by atoms with van der Waals surface area (Å²) in [6, 6.07) is 7.29. The summed E-state index contributed by atoms with van der Waals surface area (Å²) in [4.78, 5) is 19.6. The van der Waals surface area contributed by atoms with Gasteiger partial charge in [0, 0.05) is 37.2 Å². The van der Waals surface area contributed by atoms with Crippen molar-refractivity contribution in [1.29, 1.82) is 0 Å². The summed E-state index contributed by atoms with van der Waals surface area (Å²) >= 11 is 2.99. The fourth-order valence-corrected chi connectivity index (χ4v) is 6.02. The first kappa shape index (κ1) is 24.6. The first-order valence-electron chi connectivity index (χ1n) is 11.6. The molecule has 1 aromatic carbocycles. The van der Waals surface area contributed by atoms with Crippen molar-refractivity contribution >= 4 is 29.4 Å². The van der Waals surface area contributed by atoms with Gasteiger partial charge in [0.1, 0.15) is 10.7 Å². The van der Waals surface area contributed by atoms with Crippen molar-refractivity contribution in [3.63, 3.8) is 0 Å². The highest BCUT2D eigenvalue weighted by Crippen LogP contribution is 2.35. The van der Waals surface area contributed by atoms with E-state index in [4.69, 9.17) is 4.74 Å². The molecule has 1 saturated heterocycles. The molecule has 33 heavy (non-hydrogen) atoms. The van der Waals surface area contributed by atoms with Gasteiger partial charge in [-0.2, -0.15) is 0 Å². The van der Waals surface area contributed by atoms with Gasteiger partial charge in [-0.3, -0.25) is 9.78 Å². The Hall–Kier alpha value is -1.52. The van der Waals surface area contributed by atoms with Crippen molar-refractivity contribution in [2.75, 3.05) is 33.8 Å². The average Bonchev–Trinajstić information content (AvgIpc) is 3.36. The number of likely N-dealkylation sites (tertiary alicyclic amines) is 1. The number of carbonyl (C=O) groups excluding carboxylic acids is 1. The number of aromatic nitrogens is 1. The fraction of sp³-hybridized carbons (Fsp3) is 0.583. The maximum absolute atomic E-state index is 13.6. The van der Waals surface area contributed by atoms with Crippen LogP contribution in [0.4, 0.5) is 4.39 Å². The summed E-state index contributed by atoms with van der Waals surface area (Å²) in [5, 5.41) is 0. The SMILES string of the molecule is CN(C)SNC1CCN(C(=O)c2cncs2)C[C@H]1COC1CCC(c2cccc(F)c2)CC1. The van der Waals surface area contributed by atoms with Crippen LogP contribution in [0.1, 0.15) is 53.3 Å². The summed E-state index contributed by atoms with van der Waals surface area (Å²) in [5.41, 5.74) is 2.80. The summed E-state index contributed by atoms with van der Waals surface area (Å²) in [6.07, 6.45) is 6.79. The second-order valence-corrected chi connectivity index (χ2v) is 11.2. The monoisotopic (exact) mass is 492 g/mol. The van der Waals surface area contributed by atoms with Gasteiger partial charge in [0.15, 0.2) is 0 Å². The predicted octanol–water partition coefficient (Wildman–Crippen LogP) is 4.57. The molecule has 4 rings (SSSR count). The Balaban J connectivity index is 1.31. The van der Waals surface area contributed by atoms with Gasteiger partial charge in [-0.15, -0.1) is 11.3 Å². The van der Waals surface area contributed by atoms with Gasteiger partial charge in [0.05, 0.1) is 24.4 Å². The van der Waals surface area contributed by atoms with Gasteiger partial charge in [-0.1, -0.05) is 12.1 Å². The molecular formula is C24H33FN4O2S2. The van der Waals surface area contributed by atoms with E-state index in [-0.39, 0.29) is 29.8 Å². The molecule has 1 aromatic heterocycles. The molecule has 0 bridgehead atoms.